The monoisotopic (exact) mass is 393 g/mol. The van der Waals surface area contributed by atoms with Crippen LogP contribution in [0, 0.1) is 5.82 Å². The third kappa shape index (κ3) is 6.50. The smallest absolute Gasteiger partial charge is 0.279 e. The summed E-state index contributed by atoms with van der Waals surface area (Å²) in [6, 6.07) is 13.2. The predicted octanol–water partition coefficient (Wildman–Crippen LogP) is 0.280. The summed E-state index contributed by atoms with van der Waals surface area (Å²) >= 11 is 5.86. The van der Waals surface area contributed by atoms with Crippen LogP contribution in [-0.4, -0.2) is 51.8 Å². The SMILES string of the molecule is O=C(C[NH+]1CC[NH+](CCOc2ccc(Cl)cc2)CC1)Nc1ccc(F)cc1. The number of piperazine rings is 1. The van der Waals surface area contributed by atoms with E-state index in [0.717, 1.165) is 38.5 Å². The molecule has 0 aliphatic carbocycles. The topological polar surface area (TPSA) is 47.2 Å². The van der Waals surface area contributed by atoms with Crippen molar-refractivity contribution in [1.82, 2.24) is 0 Å². The van der Waals surface area contributed by atoms with E-state index in [9.17, 15) is 9.18 Å². The molecular weight excluding hydrogens is 369 g/mol. The molecule has 0 unspecified atom stereocenters. The number of benzene rings is 2. The summed E-state index contributed by atoms with van der Waals surface area (Å²) in [6.07, 6.45) is 0. The fraction of sp³-hybridized carbons (Fsp3) is 0.350. The van der Waals surface area contributed by atoms with Gasteiger partial charge in [-0.05, 0) is 48.5 Å². The average Bonchev–Trinajstić information content (AvgIpc) is 2.67. The lowest BCUT2D eigenvalue weighted by Gasteiger charge is -2.29. The zero-order valence-corrected chi connectivity index (χ0v) is 15.9. The molecule has 5 nitrogen and oxygen atoms in total. The molecule has 1 heterocycles. The Kier molecular flexibility index (Phi) is 7.04. The lowest BCUT2D eigenvalue weighted by molar-refractivity contribution is -1.01. The number of hydrogen-bond acceptors (Lipinski definition) is 2. The van der Waals surface area contributed by atoms with Crippen LogP contribution in [0.15, 0.2) is 48.5 Å². The van der Waals surface area contributed by atoms with Crippen LogP contribution in [0.2, 0.25) is 5.02 Å². The van der Waals surface area contributed by atoms with Crippen molar-refractivity contribution in [3.63, 3.8) is 0 Å². The van der Waals surface area contributed by atoms with Gasteiger partial charge in [0.15, 0.2) is 6.54 Å². The summed E-state index contributed by atoms with van der Waals surface area (Å²) in [7, 11) is 0. The maximum absolute atomic E-state index is 12.9. The summed E-state index contributed by atoms with van der Waals surface area (Å²) in [5, 5.41) is 3.53. The first-order chi connectivity index (χ1) is 13.1. The van der Waals surface area contributed by atoms with Crippen molar-refractivity contribution < 1.29 is 23.7 Å². The van der Waals surface area contributed by atoms with Crippen molar-refractivity contribution in [3.8, 4) is 5.75 Å². The number of amides is 1. The first kappa shape index (κ1) is 19.6. The zero-order valence-electron chi connectivity index (χ0n) is 15.1. The van der Waals surface area contributed by atoms with E-state index in [1.807, 2.05) is 24.3 Å². The van der Waals surface area contributed by atoms with E-state index < -0.39 is 0 Å². The average molecular weight is 394 g/mol. The van der Waals surface area contributed by atoms with Crippen molar-refractivity contribution >= 4 is 23.2 Å². The number of carbonyl (C=O) groups is 1. The number of anilines is 1. The maximum Gasteiger partial charge on any atom is 0.279 e. The van der Waals surface area contributed by atoms with Crippen molar-refractivity contribution in [2.24, 2.45) is 0 Å². The molecule has 0 aromatic heterocycles. The summed E-state index contributed by atoms with van der Waals surface area (Å²) < 4.78 is 18.7. The second-order valence-electron chi connectivity index (χ2n) is 6.78. The van der Waals surface area contributed by atoms with Crippen LogP contribution in [0.25, 0.3) is 0 Å². The molecule has 3 N–H and O–H groups in total. The van der Waals surface area contributed by atoms with Gasteiger partial charge in [0.1, 0.15) is 50.9 Å². The maximum atomic E-state index is 12.9. The Morgan fingerprint density at radius 1 is 1.00 bits per heavy atom. The molecule has 1 saturated heterocycles. The molecule has 3 rings (SSSR count). The largest absolute Gasteiger partial charge is 0.488 e. The van der Waals surface area contributed by atoms with Crippen molar-refractivity contribution in [1.29, 1.82) is 0 Å². The van der Waals surface area contributed by atoms with Crippen LogP contribution in [0.3, 0.4) is 0 Å². The highest BCUT2D eigenvalue weighted by atomic mass is 35.5. The predicted molar refractivity (Wildman–Crippen MR) is 103 cm³/mol. The van der Waals surface area contributed by atoms with Gasteiger partial charge in [-0.2, -0.15) is 0 Å². The van der Waals surface area contributed by atoms with Gasteiger partial charge in [-0.25, -0.2) is 4.39 Å². The Bertz CT molecular complexity index is 732. The van der Waals surface area contributed by atoms with Crippen molar-refractivity contribution in [3.05, 3.63) is 59.4 Å². The Balaban J connectivity index is 1.33. The second-order valence-corrected chi connectivity index (χ2v) is 7.22. The van der Waals surface area contributed by atoms with Crippen LogP contribution in [-0.2, 0) is 4.79 Å². The van der Waals surface area contributed by atoms with Crippen molar-refractivity contribution in [2.45, 2.75) is 0 Å². The molecule has 1 fully saturated rings. The molecule has 0 atom stereocenters. The van der Waals surface area contributed by atoms with Gasteiger partial charge in [0.2, 0.25) is 0 Å². The number of nitrogens with one attached hydrogen (secondary N) is 3. The fourth-order valence-corrected chi connectivity index (χ4v) is 3.32. The molecule has 1 aliphatic heterocycles. The normalized spacial score (nSPS) is 19.5. The van der Waals surface area contributed by atoms with Crippen molar-refractivity contribution in [2.75, 3.05) is 51.2 Å². The molecule has 0 saturated carbocycles. The number of quaternary nitrogens is 2. The minimum absolute atomic E-state index is 0.0360. The number of ether oxygens (including phenoxy) is 1. The molecule has 1 amide bonds. The number of halogens is 2. The first-order valence-corrected chi connectivity index (χ1v) is 9.57. The first-order valence-electron chi connectivity index (χ1n) is 9.19. The third-order valence-electron chi connectivity index (χ3n) is 4.74. The lowest BCUT2D eigenvalue weighted by Crippen LogP contribution is -3.28. The molecular formula is C20H25ClFN3O2+2. The number of carbonyl (C=O) groups excluding carboxylic acids is 1. The Hall–Kier alpha value is -2.15. The van der Waals surface area contributed by atoms with E-state index in [4.69, 9.17) is 16.3 Å². The molecule has 7 heteroatoms. The van der Waals surface area contributed by atoms with Crippen LogP contribution in [0.5, 0.6) is 5.75 Å². The molecule has 0 bridgehead atoms. The molecule has 27 heavy (non-hydrogen) atoms. The summed E-state index contributed by atoms with van der Waals surface area (Å²) in [6.45, 7) is 5.98. The van der Waals surface area contributed by atoms with Gasteiger partial charge in [0.25, 0.3) is 5.91 Å². The van der Waals surface area contributed by atoms with Gasteiger partial charge in [-0.3, -0.25) is 4.79 Å². The lowest BCUT2D eigenvalue weighted by atomic mass is 10.3. The van der Waals surface area contributed by atoms with E-state index >= 15 is 0 Å². The van der Waals surface area contributed by atoms with Gasteiger partial charge in [-0.15, -0.1) is 0 Å². The molecule has 2 aromatic rings. The summed E-state index contributed by atoms with van der Waals surface area (Å²) in [4.78, 5) is 14.9. The van der Waals surface area contributed by atoms with E-state index in [0.29, 0.717) is 23.9 Å². The minimum atomic E-state index is -0.308. The highest BCUT2D eigenvalue weighted by Gasteiger charge is 2.24. The standard InChI is InChI=1S/C20H23ClFN3O2/c21-16-1-7-19(8-2-16)27-14-13-24-9-11-25(12-10-24)15-20(26)23-18-5-3-17(22)4-6-18/h1-8H,9-15H2,(H,23,26)/p+2. The molecule has 2 aromatic carbocycles. The molecule has 0 radical (unpaired) electrons. The number of hydrogen-bond donors (Lipinski definition) is 3. The highest BCUT2D eigenvalue weighted by molar-refractivity contribution is 6.30. The second kappa shape index (κ2) is 9.69. The quantitative estimate of drug-likeness (QED) is 0.633. The molecule has 0 spiro atoms. The van der Waals surface area contributed by atoms with Gasteiger partial charge >= 0.3 is 0 Å². The van der Waals surface area contributed by atoms with Crippen LogP contribution >= 0.6 is 11.6 Å². The summed E-state index contributed by atoms with van der Waals surface area (Å²) in [5.41, 5.74) is 0.629. The van der Waals surface area contributed by atoms with Gasteiger partial charge < -0.3 is 19.9 Å². The van der Waals surface area contributed by atoms with Gasteiger partial charge in [0, 0.05) is 10.7 Å². The Morgan fingerprint density at radius 2 is 1.63 bits per heavy atom. The minimum Gasteiger partial charge on any atom is -0.488 e. The third-order valence-corrected chi connectivity index (χ3v) is 4.99. The van der Waals surface area contributed by atoms with Crippen LogP contribution in [0.1, 0.15) is 0 Å². The van der Waals surface area contributed by atoms with Crippen LogP contribution in [0.4, 0.5) is 10.1 Å². The fourth-order valence-electron chi connectivity index (χ4n) is 3.19. The van der Waals surface area contributed by atoms with E-state index in [2.05, 4.69) is 5.32 Å². The molecule has 144 valence electrons. The number of rotatable bonds is 7. The van der Waals surface area contributed by atoms with Gasteiger partial charge in [0.05, 0.1) is 0 Å². The van der Waals surface area contributed by atoms with Crippen LogP contribution < -0.4 is 19.9 Å². The van der Waals surface area contributed by atoms with E-state index in [1.54, 1.807) is 12.1 Å². The molecule has 1 aliphatic rings. The van der Waals surface area contributed by atoms with Gasteiger partial charge in [-0.1, -0.05) is 11.6 Å². The zero-order chi connectivity index (χ0) is 19.1. The highest BCUT2D eigenvalue weighted by Crippen LogP contribution is 2.15. The Labute approximate surface area is 163 Å². The van der Waals surface area contributed by atoms with E-state index in [-0.39, 0.29) is 11.7 Å². The summed E-state index contributed by atoms with van der Waals surface area (Å²) in [5.74, 6) is 0.490. The van der Waals surface area contributed by atoms with E-state index in [1.165, 1.54) is 21.9 Å². The Morgan fingerprint density at radius 3 is 2.30 bits per heavy atom.